The Balaban J connectivity index is 1.66. The van der Waals surface area contributed by atoms with E-state index >= 15 is 0 Å². The number of hydrogen-bond acceptors (Lipinski definition) is 4. The molecule has 3 N–H and O–H groups in total. The van der Waals surface area contributed by atoms with Crippen molar-refractivity contribution in [2.75, 3.05) is 11.1 Å². The zero-order chi connectivity index (χ0) is 20.6. The minimum Gasteiger partial charge on any atom is -0.489 e. The van der Waals surface area contributed by atoms with Gasteiger partial charge in [-0.15, -0.1) is 11.8 Å². The lowest BCUT2D eigenvalue weighted by atomic mass is 10.2. The van der Waals surface area contributed by atoms with Crippen LogP contribution in [0.2, 0.25) is 0 Å². The van der Waals surface area contributed by atoms with Crippen LogP contribution in [0.3, 0.4) is 0 Å². The van der Waals surface area contributed by atoms with Gasteiger partial charge in [0.15, 0.2) is 0 Å². The summed E-state index contributed by atoms with van der Waals surface area (Å²) in [6.07, 6.45) is 0. The molecule has 0 aliphatic heterocycles. The Morgan fingerprint density at radius 3 is 2.52 bits per heavy atom. The number of rotatable bonds is 8. The Labute approximate surface area is 172 Å². The molecule has 0 radical (unpaired) electrons. The minimum atomic E-state index is -0.448. The lowest BCUT2D eigenvalue weighted by molar-refractivity contribution is -0.115. The minimum absolute atomic E-state index is 0.0943. The monoisotopic (exact) mass is 410 g/mol. The van der Waals surface area contributed by atoms with Gasteiger partial charge in [0.05, 0.1) is 11.3 Å². The maximum Gasteiger partial charge on any atom is 0.256 e. The predicted molar refractivity (Wildman–Crippen MR) is 111 cm³/mol. The van der Waals surface area contributed by atoms with Crippen molar-refractivity contribution in [3.05, 3.63) is 89.7 Å². The summed E-state index contributed by atoms with van der Waals surface area (Å²) in [4.78, 5) is 24.4. The largest absolute Gasteiger partial charge is 0.489 e. The topological polar surface area (TPSA) is 81.4 Å². The van der Waals surface area contributed by atoms with Gasteiger partial charge in [0, 0.05) is 16.6 Å². The summed E-state index contributed by atoms with van der Waals surface area (Å²) in [7, 11) is 0. The number of primary amides is 1. The maximum atomic E-state index is 13.0. The van der Waals surface area contributed by atoms with Crippen molar-refractivity contribution in [2.45, 2.75) is 11.5 Å². The molecule has 0 spiro atoms. The molecule has 0 saturated heterocycles. The summed E-state index contributed by atoms with van der Waals surface area (Å²) in [5.41, 5.74) is 7.05. The summed E-state index contributed by atoms with van der Waals surface area (Å²) in [5.74, 6) is -0.377. The van der Waals surface area contributed by atoms with Crippen LogP contribution in [0.15, 0.2) is 77.7 Å². The molecule has 0 bridgehead atoms. The average Bonchev–Trinajstić information content (AvgIpc) is 2.72. The number of hydrogen-bond donors (Lipinski definition) is 2. The van der Waals surface area contributed by atoms with Gasteiger partial charge in [0.25, 0.3) is 5.91 Å². The van der Waals surface area contributed by atoms with E-state index in [0.29, 0.717) is 21.9 Å². The molecular weight excluding hydrogens is 391 g/mol. The number of carbonyl (C=O) groups is 2. The summed E-state index contributed by atoms with van der Waals surface area (Å²) < 4.78 is 18.7. The lowest BCUT2D eigenvalue weighted by Crippen LogP contribution is -2.15. The Bertz CT molecular complexity index is 1010. The molecule has 5 nitrogen and oxygen atoms in total. The Morgan fingerprint density at radius 1 is 1.00 bits per heavy atom. The van der Waals surface area contributed by atoms with Crippen molar-refractivity contribution in [1.82, 2.24) is 0 Å². The first kappa shape index (κ1) is 20.4. The van der Waals surface area contributed by atoms with E-state index < -0.39 is 5.91 Å². The second-order valence-electron chi connectivity index (χ2n) is 6.15. The average molecular weight is 410 g/mol. The van der Waals surface area contributed by atoms with Crippen LogP contribution >= 0.6 is 11.8 Å². The van der Waals surface area contributed by atoms with Crippen LogP contribution in [-0.2, 0) is 11.4 Å². The maximum absolute atomic E-state index is 13.0. The van der Waals surface area contributed by atoms with Crippen LogP contribution in [0.25, 0.3) is 0 Å². The van der Waals surface area contributed by atoms with Crippen molar-refractivity contribution < 1.29 is 18.7 Å². The molecule has 7 heteroatoms. The molecule has 3 aromatic rings. The normalized spacial score (nSPS) is 10.4. The molecule has 29 heavy (non-hydrogen) atoms. The van der Waals surface area contributed by atoms with Gasteiger partial charge >= 0.3 is 0 Å². The van der Waals surface area contributed by atoms with Crippen LogP contribution < -0.4 is 15.8 Å². The number of halogens is 1. The van der Waals surface area contributed by atoms with Crippen molar-refractivity contribution in [3.8, 4) is 5.75 Å². The van der Waals surface area contributed by atoms with E-state index in [2.05, 4.69) is 5.32 Å². The number of anilines is 1. The van der Waals surface area contributed by atoms with Gasteiger partial charge < -0.3 is 15.8 Å². The van der Waals surface area contributed by atoms with E-state index in [0.717, 1.165) is 5.56 Å². The molecule has 0 fully saturated rings. The fraction of sp³-hybridized carbons (Fsp3) is 0.0909. The molecule has 0 aliphatic carbocycles. The van der Waals surface area contributed by atoms with E-state index in [4.69, 9.17) is 10.5 Å². The van der Waals surface area contributed by atoms with Crippen LogP contribution in [0, 0.1) is 5.82 Å². The van der Waals surface area contributed by atoms with Gasteiger partial charge in [0.2, 0.25) is 5.91 Å². The summed E-state index contributed by atoms with van der Waals surface area (Å²) >= 11 is 1.22. The first-order chi connectivity index (χ1) is 14.0. The van der Waals surface area contributed by atoms with E-state index in [1.165, 1.54) is 23.9 Å². The highest BCUT2D eigenvalue weighted by molar-refractivity contribution is 8.00. The van der Waals surface area contributed by atoms with E-state index in [1.807, 2.05) is 0 Å². The van der Waals surface area contributed by atoms with E-state index in [-0.39, 0.29) is 24.1 Å². The SMILES string of the molecule is NC(=O)CSc1ccccc1C(=O)Nc1cccc(OCc2ccc(F)cc2)c1. The zero-order valence-electron chi connectivity index (χ0n) is 15.4. The molecule has 0 heterocycles. The number of thioether (sulfide) groups is 1. The van der Waals surface area contributed by atoms with Crippen LogP contribution in [0.1, 0.15) is 15.9 Å². The summed E-state index contributed by atoms with van der Waals surface area (Å²) in [6, 6.07) is 20.1. The second-order valence-corrected chi connectivity index (χ2v) is 7.17. The third-order valence-corrected chi connectivity index (χ3v) is 5.01. The molecule has 2 amide bonds. The number of nitrogens with two attached hydrogens (primary N) is 1. The molecule has 3 aromatic carbocycles. The van der Waals surface area contributed by atoms with Gasteiger partial charge in [-0.1, -0.05) is 30.3 Å². The number of nitrogens with one attached hydrogen (secondary N) is 1. The zero-order valence-corrected chi connectivity index (χ0v) is 16.2. The summed E-state index contributed by atoms with van der Waals surface area (Å²) in [6.45, 7) is 0.282. The highest BCUT2D eigenvalue weighted by Gasteiger charge is 2.13. The van der Waals surface area contributed by atoms with Gasteiger partial charge in [-0.2, -0.15) is 0 Å². The van der Waals surface area contributed by atoms with Crippen molar-refractivity contribution >= 4 is 29.3 Å². The fourth-order valence-electron chi connectivity index (χ4n) is 2.54. The number of amides is 2. The molecule has 0 aliphatic rings. The molecular formula is C22H19FN2O3S. The van der Waals surface area contributed by atoms with E-state index in [9.17, 15) is 14.0 Å². The molecule has 0 aromatic heterocycles. The number of ether oxygens (including phenoxy) is 1. The quantitative estimate of drug-likeness (QED) is 0.545. The Morgan fingerprint density at radius 2 is 1.76 bits per heavy atom. The Kier molecular flexibility index (Phi) is 6.86. The number of benzene rings is 3. The van der Waals surface area contributed by atoms with Gasteiger partial charge in [-0.05, 0) is 42.0 Å². The predicted octanol–water partition coefficient (Wildman–Crippen LogP) is 4.23. The molecule has 0 saturated carbocycles. The van der Waals surface area contributed by atoms with Gasteiger partial charge in [0.1, 0.15) is 18.2 Å². The Hall–Kier alpha value is -3.32. The van der Waals surface area contributed by atoms with Crippen molar-refractivity contribution in [2.24, 2.45) is 5.73 Å². The highest BCUT2D eigenvalue weighted by atomic mass is 32.2. The smallest absolute Gasteiger partial charge is 0.256 e. The van der Waals surface area contributed by atoms with Crippen LogP contribution in [0.5, 0.6) is 5.75 Å². The molecule has 0 unspecified atom stereocenters. The third-order valence-electron chi connectivity index (χ3n) is 3.91. The van der Waals surface area contributed by atoms with E-state index in [1.54, 1.807) is 60.7 Å². The first-order valence-electron chi connectivity index (χ1n) is 8.80. The molecule has 0 atom stereocenters. The molecule has 148 valence electrons. The van der Waals surface area contributed by atoms with Crippen molar-refractivity contribution in [3.63, 3.8) is 0 Å². The first-order valence-corrected chi connectivity index (χ1v) is 9.78. The second kappa shape index (κ2) is 9.75. The van der Waals surface area contributed by atoms with Crippen LogP contribution in [-0.4, -0.2) is 17.6 Å². The standard InChI is InChI=1S/C22H19FN2O3S/c23-16-10-8-15(9-11-16)13-28-18-5-3-4-17(12-18)25-22(27)19-6-1-2-7-20(19)29-14-21(24)26/h1-12H,13-14H2,(H2,24,26)(H,25,27). The summed E-state index contributed by atoms with van der Waals surface area (Å²) in [5, 5.41) is 2.83. The van der Waals surface area contributed by atoms with Crippen molar-refractivity contribution in [1.29, 1.82) is 0 Å². The molecule has 3 rings (SSSR count). The highest BCUT2D eigenvalue weighted by Crippen LogP contribution is 2.24. The fourth-order valence-corrected chi connectivity index (χ4v) is 3.33. The van der Waals surface area contributed by atoms with Gasteiger partial charge in [-0.3, -0.25) is 9.59 Å². The number of carbonyl (C=O) groups excluding carboxylic acids is 2. The van der Waals surface area contributed by atoms with Gasteiger partial charge in [-0.25, -0.2) is 4.39 Å². The van der Waals surface area contributed by atoms with Crippen LogP contribution in [0.4, 0.5) is 10.1 Å². The lowest BCUT2D eigenvalue weighted by Gasteiger charge is -2.11. The third kappa shape index (κ3) is 6.08.